The lowest BCUT2D eigenvalue weighted by Crippen LogP contribution is -1.99. The van der Waals surface area contributed by atoms with Crippen molar-refractivity contribution in [1.29, 1.82) is 0 Å². The summed E-state index contributed by atoms with van der Waals surface area (Å²) in [5.74, 6) is -1.12. The van der Waals surface area contributed by atoms with Crippen LogP contribution < -0.4 is 0 Å². The van der Waals surface area contributed by atoms with E-state index in [-0.39, 0.29) is 29.1 Å². The van der Waals surface area contributed by atoms with Crippen molar-refractivity contribution in [3.8, 4) is 5.75 Å². The number of phenolic OH excluding ortho intramolecular Hbond substituents is 1. The molecule has 1 N–H and O–H groups in total. The molecular weight excluding hydrogens is 183 g/mol. The van der Waals surface area contributed by atoms with Crippen molar-refractivity contribution in [3.63, 3.8) is 0 Å². The molecule has 74 valence electrons. The summed E-state index contributed by atoms with van der Waals surface area (Å²) < 4.78 is 13.1. The quantitative estimate of drug-likeness (QED) is 0.751. The molecule has 0 saturated carbocycles. The number of carbonyl (C=O) groups is 1. The standard InChI is InChI=1S/C11H11FO2/c1-3-7-9(12)6-5-8(11(7)14)10(13)4-2/h3,5-6,14H,1,4H2,2H3. The molecule has 0 aliphatic heterocycles. The van der Waals surface area contributed by atoms with E-state index in [1.807, 2.05) is 0 Å². The maximum atomic E-state index is 13.1. The van der Waals surface area contributed by atoms with Gasteiger partial charge in [-0.3, -0.25) is 4.79 Å². The summed E-state index contributed by atoms with van der Waals surface area (Å²) in [7, 11) is 0. The number of hydrogen-bond acceptors (Lipinski definition) is 2. The number of halogens is 1. The Hall–Kier alpha value is -1.64. The number of Topliss-reactive ketones (excluding diaryl/α,β-unsaturated/α-hetero) is 1. The Kier molecular flexibility index (Phi) is 3.02. The minimum absolute atomic E-state index is 0.0238. The number of ketones is 1. The molecule has 1 aromatic rings. The van der Waals surface area contributed by atoms with E-state index in [0.717, 1.165) is 6.07 Å². The second-order valence-corrected chi connectivity index (χ2v) is 2.84. The SMILES string of the molecule is C=Cc1c(F)ccc(C(=O)CC)c1O. The van der Waals surface area contributed by atoms with Crippen LogP contribution in [-0.4, -0.2) is 10.9 Å². The lowest BCUT2D eigenvalue weighted by molar-refractivity contribution is 0.0985. The van der Waals surface area contributed by atoms with Gasteiger partial charge in [0.25, 0.3) is 0 Å². The number of aromatic hydroxyl groups is 1. The van der Waals surface area contributed by atoms with Crippen LogP contribution in [0.4, 0.5) is 4.39 Å². The van der Waals surface area contributed by atoms with Crippen LogP contribution in [-0.2, 0) is 0 Å². The van der Waals surface area contributed by atoms with Crippen LogP contribution in [0.2, 0.25) is 0 Å². The molecule has 0 radical (unpaired) electrons. The van der Waals surface area contributed by atoms with Gasteiger partial charge in [0.1, 0.15) is 11.6 Å². The number of benzene rings is 1. The highest BCUT2D eigenvalue weighted by Crippen LogP contribution is 2.27. The maximum absolute atomic E-state index is 13.1. The van der Waals surface area contributed by atoms with Gasteiger partial charge in [-0.2, -0.15) is 0 Å². The number of rotatable bonds is 3. The molecule has 1 aromatic carbocycles. The molecule has 2 nitrogen and oxygen atoms in total. The molecule has 1 rings (SSSR count). The number of hydrogen-bond donors (Lipinski definition) is 1. The average Bonchev–Trinajstić information content (AvgIpc) is 2.18. The van der Waals surface area contributed by atoms with Crippen molar-refractivity contribution in [3.05, 3.63) is 35.7 Å². The third-order valence-corrected chi connectivity index (χ3v) is 1.99. The third-order valence-electron chi connectivity index (χ3n) is 1.99. The second kappa shape index (κ2) is 4.05. The van der Waals surface area contributed by atoms with Gasteiger partial charge >= 0.3 is 0 Å². The lowest BCUT2D eigenvalue weighted by atomic mass is 10.0. The van der Waals surface area contributed by atoms with Gasteiger partial charge in [0.05, 0.1) is 11.1 Å². The molecule has 0 aromatic heterocycles. The fourth-order valence-electron chi connectivity index (χ4n) is 1.19. The highest BCUT2D eigenvalue weighted by atomic mass is 19.1. The molecule has 3 heteroatoms. The van der Waals surface area contributed by atoms with E-state index in [0.29, 0.717) is 0 Å². The zero-order valence-corrected chi connectivity index (χ0v) is 7.88. The summed E-state index contributed by atoms with van der Waals surface area (Å²) in [6, 6.07) is 2.43. The normalized spacial score (nSPS) is 9.86. The van der Waals surface area contributed by atoms with Crippen molar-refractivity contribution in [2.75, 3.05) is 0 Å². The molecule has 14 heavy (non-hydrogen) atoms. The predicted molar refractivity (Wildman–Crippen MR) is 52.8 cm³/mol. The Bertz CT molecular complexity index is 383. The van der Waals surface area contributed by atoms with Gasteiger partial charge in [-0.05, 0) is 12.1 Å². The molecule has 0 fully saturated rings. The molecule has 0 unspecified atom stereocenters. The van der Waals surface area contributed by atoms with Crippen LogP contribution in [0.1, 0.15) is 29.3 Å². The van der Waals surface area contributed by atoms with E-state index in [1.54, 1.807) is 6.92 Å². The molecule has 0 amide bonds. The van der Waals surface area contributed by atoms with Crippen LogP contribution in [0, 0.1) is 5.82 Å². The van der Waals surface area contributed by atoms with Crippen LogP contribution in [0.25, 0.3) is 6.08 Å². The van der Waals surface area contributed by atoms with E-state index in [2.05, 4.69) is 6.58 Å². The van der Waals surface area contributed by atoms with E-state index in [9.17, 15) is 14.3 Å². The lowest BCUT2D eigenvalue weighted by Gasteiger charge is -2.05. The second-order valence-electron chi connectivity index (χ2n) is 2.84. The molecule has 0 bridgehead atoms. The molecule has 0 saturated heterocycles. The average molecular weight is 194 g/mol. The Balaban J connectivity index is 3.35. The largest absolute Gasteiger partial charge is 0.506 e. The molecule has 0 heterocycles. The summed E-state index contributed by atoms with van der Waals surface area (Å²) in [6.45, 7) is 5.05. The van der Waals surface area contributed by atoms with Crippen molar-refractivity contribution < 1.29 is 14.3 Å². The zero-order chi connectivity index (χ0) is 10.7. The van der Waals surface area contributed by atoms with E-state index in [4.69, 9.17) is 0 Å². The Morgan fingerprint density at radius 1 is 1.64 bits per heavy atom. The summed E-state index contributed by atoms with van der Waals surface area (Å²) in [5, 5.41) is 9.54. The van der Waals surface area contributed by atoms with E-state index >= 15 is 0 Å². The Labute approximate surface area is 81.7 Å². The fraction of sp³-hybridized carbons (Fsp3) is 0.182. The van der Waals surface area contributed by atoms with Crippen LogP contribution in [0.15, 0.2) is 18.7 Å². The van der Waals surface area contributed by atoms with Crippen molar-refractivity contribution in [1.82, 2.24) is 0 Å². The smallest absolute Gasteiger partial charge is 0.166 e. The van der Waals surface area contributed by atoms with Gasteiger partial charge in [0, 0.05) is 6.42 Å². The van der Waals surface area contributed by atoms with Gasteiger partial charge in [0.15, 0.2) is 5.78 Å². The first kappa shape index (κ1) is 10.4. The van der Waals surface area contributed by atoms with Crippen LogP contribution >= 0.6 is 0 Å². The van der Waals surface area contributed by atoms with E-state index < -0.39 is 5.82 Å². The first-order valence-corrected chi connectivity index (χ1v) is 4.28. The predicted octanol–water partition coefficient (Wildman–Crippen LogP) is 2.77. The molecule has 0 aliphatic rings. The van der Waals surface area contributed by atoms with Gasteiger partial charge in [0.2, 0.25) is 0 Å². The Morgan fingerprint density at radius 3 is 2.79 bits per heavy atom. The van der Waals surface area contributed by atoms with Crippen molar-refractivity contribution in [2.24, 2.45) is 0 Å². The molecular formula is C11H11FO2. The van der Waals surface area contributed by atoms with Crippen molar-refractivity contribution >= 4 is 11.9 Å². The monoisotopic (exact) mass is 194 g/mol. The summed E-state index contributed by atoms with van der Waals surface area (Å²) in [5.41, 5.74) is 0.119. The molecule has 0 aliphatic carbocycles. The van der Waals surface area contributed by atoms with Gasteiger partial charge in [-0.15, -0.1) is 0 Å². The van der Waals surface area contributed by atoms with E-state index in [1.165, 1.54) is 12.1 Å². The fourth-order valence-corrected chi connectivity index (χ4v) is 1.19. The molecule has 0 atom stereocenters. The van der Waals surface area contributed by atoms with Gasteiger partial charge in [-0.1, -0.05) is 19.6 Å². The van der Waals surface area contributed by atoms with Gasteiger partial charge in [-0.25, -0.2) is 4.39 Å². The topological polar surface area (TPSA) is 37.3 Å². The highest BCUT2D eigenvalue weighted by molar-refractivity contribution is 5.99. The summed E-state index contributed by atoms with van der Waals surface area (Å²) >= 11 is 0. The number of carbonyl (C=O) groups excluding carboxylic acids is 1. The van der Waals surface area contributed by atoms with Gasteiger partial charge < -0.3 is 5.11 Å². The molecule has 0 spiro atoms. The minimum Gasteiger partial charge on any atom is -0.506 e. The maximum Gasteiger partial charge on any atom is 0.166 e. The first-order chi connectivity index (χ1) is 6.61. The van der Waals surface area contributed by atoms with Crippen LogP contribution in [0.5, 0.6) is 5.75 Å². The minimum atomic E-state index is -0.579. The summed E-state index contributed by atoms with van der Waals surface area (Å²) in [4.78, 5) is 11.3. The van der Waals surface area contributed by atoms with Crippen molar-refractivity contribution in [2.45, 2.75) is 13.3 Å². The van der Waals surface area contributed by atoms with Crippen LogP contribution in [0.3, 0.4) is 0 Å². The third kappa shape index (κ3) is 1.66. The first-order valence-electron chi connectivity index (χ1n) is 4.28. The Morgan fingerprint density at radius 2 is 2.29 bits per heavy atom. The summed E-state index contributed by atoms with van der Waals surface area (Å²) in [6.07, 6.45) is 1.47. The number of phenols is 1. The highest BCUT2D eigenvalue weighted by Gasteiger charge is 2.14. The zero-order valence-electron chi connectivity index (χ0n) is 7.88.